The van der Waals surface area contributed by atoms with Crippen LogP contribution in [0.25, 0.3) is 11.8 Å². The maximum Gasteiger partial charge on any atom is 0.247 e. The molecule has 0 spiro atoms. The number of aromatic nitrogens is 2. The van der Waals surface area contributed by atoms with E-state index in [2.05, 4.69) is 20.6 Å². The van der Waals surface area contributed by atoms with E-state index in [0.717, 1.165) is 23.4 Å². The Bertz CT molecular complexity index is 1180. The quantitative estimate of drug-likeness (QED) is 0.627. The number of ether oxygens (including phenoxy) is 1. The highest BCUT2D eigenvalue weighted by atomic mass is 19.1. The van der Waals surface area contributed by atoms with Crippen molar-refractivity contribution >= 4 is 17.8 Å². The second kappa shape index (κ2) is 10.2. The van der Waals surface area contributed by atoms with Gasteiger partial charge in [0.1, 0.15) is 23.4 Å². The fourth-order valence-electron chi connectivity index (χ4n) is 3.61. The molecule has 1 unspecified atom stereocenters. The monoisotopic (exact) mass is 447 g/mol. The summed E-state index contributed by atoms with van der Waals surface area (Å²) in [5.74, 6) is 0.604. The number of carbonyl (C=O) groups is 1. The summed E-state index contributed by atoms with van der Waals surface area (Å²) in [4.78, 5) is 21.7. The van der Waals surface area contributed by atoms with Crippen molar-refractivity contribution in [2.45, 2.75) is 19.4 Å². The van der Waals surface area contributed by atoms with Gasteiger partial charge in [-0.2, -0.15) is 0 Å². The number of rotatable bonds is 5. The Kier molecular flexibility index (Phi) is 6.95. The van der Waals surface area contributed by atoms with Crippen molar-refractivity contribution in [2.75, 3.05) is 20.2 Å². The molecule has 2 heterocycles. The van der Waals surface area contributed by atoms with E-state index in [0.29, 0.717) is 30.2 Å². The molecule has 7 nitrogen and oxygen atoms in total. The topological polar surface area (TPSA) is 80.5 Å². The molecule has 1 aliphatic rings. The zero-order chi connectivity index (χ0) is 23.2. The predicted molar refractivity (Wildman–Crippen MR) is 126 cm³/mol. The Morgan fingerprint density at radius 3 is 2.73 bits per heavy atom. The number of nitrogens with one attached hydrogen (secondary N) is 2. The average Bonchev–Trinajstić information content (AvgIpc) is 3.28. The molecular weight excluding hydrogens is 421 g/mol. The molecule has 0 radical (unpaired) electrons. The van der Waals surface area contributed by atoms with E-state index in [-0.39, 0.29) is 11.7 Å². The number of imidazole rings is 1. The van der Waals surface area contributed by atoms with Crippen molar-refractivity contribution in [1.29, 1.82) is 0 Å². The highest BCUT2D eigenvalue weighted by Crippen LogP contribution is 2.25. The molecule has 0 aliphatic carbocycles. The lowest BCUT2D eigenvalue weighted by Crippen LogP contribution is -2.39. The molecule has 0 bridgehead atoms. The highest BCUT2D eigenvalue weighted by Gasteiger charge is 2.21. The van der Waals surface area contributed by atoms with Crippen LogP contribution >= 0.6 is 0 Å². The van der Waals surface area contributed by atoms with Crippen LogP contribution in [0, 0.1) is 12.7 Å². The number of nitrogens with zero attached hydrogens (tertiary/aromatic N) is 3. The van der Waals surface area contributed by atoms with Crippen LogP contribution in [0.1, 0.15) is 29.3 Å². The van der Waals surface area contributed by atoms with Gasteiger partial charge in [0.2, 0.25) is 5.91 Å². The molecule has 0 saturated heterocycles. The third kappa shape index (κ3) is 5.53. The fraction of sp³-hybridized carbons (Fsp3) is 0.240. The van der Waals surface area contributed by atoms with Gasteiger partial charge in [0.15, 0.2) is 0 Å². The van der Waals surface area contributed by atoms with Gasteiger partial charge in [-0.25, -0.2) is 9.37 Å². The summed E-state index contributed by atoms with van der Waals surface area (Å²) in [6.07, 6.45) is 8.11. The normalized spacial score (nSPS) is 17.1. The Morgan fingerprint density at radius 1 is 1.18 bits per heavy atom. The van der Waals surface area contributed by atoms with Gasteiger partial charge in [0, 0.05) is 12.7 Å². The van der Waals surface area contributed by atoms with Crippen LogP contribution in [0.15, 0.2) is 66.1 Å². The molecule has 8 heteroatoms. The van der Waals surface area contributed by atoms with Crippen molar-refractivity contribution in [3.05, 3.63) is 83.7 Å². The Morgan fingerprint density at radius 2 is 2.00 bits per heavy atom. The third-order valence-electron chi connectivity index (χ3n) is 5.31. The lowest BCUT2D eigenvalue weighted by molar-refractivity contribution is -0.121. The Balaban J connectivity index is 1.53. The van der Waals surface area contributed by atoms with Crippen LogP contribution < -0.4 is 15.4 Å². The number of amides is 1. The Labute approximate surface area is 192 Å². The lowest BCUT2D eigenvalue weighted by atomic mass is 10.1. The Hall–Kier alpha value is -3.78. The maximum atomic E-state index is 13.3. The van der Waals surface area contributed by atoms with Gasteiger partial charge in [-0.15, -0.1) is 0 Å². The van der Waals surface area contributed by atoms with E-state index in [1.54, 1.807) is 31.6 Å². The van der Waals surface area contributed by atoms with Gasteiger partial charge in [0.25, 0.3) is 0 Å². The van der Waals surface area contributed by atoms with Crippen LogP contribution in [0.5, 0.6) is 5.75 Å². The fourth-order valence-corrected chi connectivity index (χ4v) is 3.61. The number of hydrogen-bond acceptors (Lipinski definition) is 5. The summed E-state index contributed by atoms with van der Waals surface area (Å²) in [5, 5.41) is 6.11. The van der Waals surface area contributed by atoms with Gasteiger partial charge >= 0.3 is 0 Å². The van der Waals surface area contributed by atoms with Crippen molar-refractivity contribution in [3.8, 4) is 11.4 Å². The van der Waals surface area contributed by atoms with E-state index < -0.39 is 6.04 Å². The predicted octanol–water partition coefficient (Wildman–Crippen LogP) is 3.59. The van der Waals surface area contributed by atoms with Crippen LogP contribution in [0.3, 0.4) is 0 Å². The van der Waals surface area contributed by atoms with Gasteiger partial charge in [-0.1, -0.05) is 24.3 Å². The molecule has 0 fully saturated rings. The standard InChI is InChI=1S/C25H26FN5O2/c1-17-15-31(16-29-17)21-10-4-18(14-22(21)33-2)5-11-23-27-12-3-13-28-24(25(32)30-23)19-6-8-20(26)9-7-19/h4-11,14-16,24,28H,3,12-13H2,1-2H3,(H,27,30,32). The minimum atomic E-state index is -0.583. The van der Waals surface area contributed by atoms with Gasteiger partial charge in [-0.3, -0.25) is 9.79 Å². The zero-order valence-corrected chi connectivity index (χ0v) is 18.6. The molecule has 1 aliphatic heterocycles. The van der Waals surface area contributed by atoms with Crippen molar-refractivity contribution in [3.63, 3.8) is 0 Å². The highest BCUT2D eigenvalue weighted by molar-refractivity contribution is 6.07. The molecule has 2 N–H and O–H groups in total. The molecule has 1 amide bonds. The van der Waals surface area contributed by atoms with E-state index in [9.17, 15) is 9.18 Å². The summed E-state index contributed by atoms with van der Waals surface area (Å²) in [7, 11) is 1.63. The van der Waals surface area contributed by atoms with E-state index in [1.165, 1.54) is 12.1 Å². The SMILES string of the molecule is COc1cc(C=CC2=NCCCNC(c3ccc(F)cc3)C(=O)N2)ccc1-n1cnc(C)c1. The second-order valence-corrected chi connectivity index (χ2v) is 7.74. The molecule has 170 valence electrons. The van der Waals surface area contributed by atoms with Crippen molar-refractivity contribution < 1.29 is 13.9 Å². The summed E-state index contributed by atoms with van der Waals surface area (Å²) >= 11 is 0. The van der Waals surface area contributed by atoms with Crippen molar-refractivity contribution in [1.82, 2.24) is 20.2 Å². The summed E-state index contributed by atoms with van der Waals surface area (Å²) < 4.78 is 20.8. The van der Waals surface area contributed by atoms with Crippen LogP contribution in [-0.4, -0.2) is 41.5 Å². The molecule has 4 rings (SSSR count). The summed E-state index contributed by atoms with van der Waals surface area (Å²) in [6, 6.07) is 11.2. The largest absolute Gasteiger partial charge is 0.495 e. The van der Waals surface area contributed by atoms with Gasteiger partial charge in [0.05, 0.1) is 24.8 Å². The van der Waals surface area contributed by atoms with Crippen LogP contribution in [-0.2, 0) is 4.79 Å². The molecule has 2 aromatic carbocycles. The van der Waals surface area contributed by atoms with Crippen LogP contribution in [0.4, 0.5) is 4.39 Å². The minimum absolute atomic E-state index is 0.240. The number of methoxy groups -OCH3 is 1. The van der Waals surface area contributed by atoms with Gasteiger partial charge in [-0.05, 0) is 61.4 Å². The first-order chi connectivity index (χ1) is 16.0. The first kappa shape index (κ1) is 22.4. The number of aryl methyl sites for hydroxylation is 1. The first-order valence-corrected chi connectivity index (χ1v) is 10.7. The minimum Gasteiger partial charge on any atom is -0.495 e. The van der Waals surface area contributed by atoms with E-state index >= 15 is 0 Å². The number of carbonyl (C=O) groups excluding carboxylic acids is 1. The summed E-state index contributed by atoms with van der Waals surface area (Å²) in [6.45, 7) is 3.14. The molecular formula is C25H26FN5O2. The molecule has 0 saturated carbocycles. The lowest BCUT2D eigenvalue weighted by Gasteiger charge is -2.17. The second-order valence-electron chi connectivity index (χ2n) is 7.74. The number of hydrogen-bond donors (Lipinski definition) is 2. The molecule has 33 heavy (non-hydrogen) atoms. The number of benzene rings is 2. The van der Waals surface area contributed by atoms with E-state index in [1.807, 2.05) is 42.0 Å². The molecule has 1 aromatic heterocycles. The molecule has 1 atom stereocenters. The van der Waals surface area contributed by atoms with E-state index in [4.69, 9.17) is 4.74 Å². The first-order valence-electron chi connectivity index (χ1n) is 10.7. The smallest absolute Gasteiger partial charge is 0.247 e. The number of aliphatic imine (C=N–C) groups is 1. The van der Waals surface area contributed by atoms with Crippen molar-refractivity contribution in [2.24, 2.45) is 4.99 Å². The number of halogens is 1. The molecule has 3 aromatic rings. The maximum absolute atomic E-state index is 13.3. The summed E-state index contributed by atoms with van der Waals surface area (Å²) in [5.41, 5.74) is 3.41. The third-order valence-corrected chi connectivity index (χ3v) is 5.31. The van der Waals surface area contributed by atoms with Crippen LogP contribution in [0.2, 0.25) is 0 Å². The zero-order valence-electron chi connectivity index (χ0n) is 18.6. The average molecular weight is 448 g/mol. The number of amidine groups is 1. The van der Waals surface area contributed by atoms with Gasteiger partial charge < -0.3 is 19.9 Å².